The molecule has 1 fully saturated rings. The lowest BCUT2D eigenvalue weighted by molar-refractivity contribution is -0.904. The van der Waals surface area contributed by atoms with Gasteiger partial charge in [-0.05, 0) is 32.8 Å². The maximum absolute atomic E-state index is 12.6. The van der Waals surface area contributed by atoms with Gasteiger partial charge in [-0.3, -0.25) is 9.59 Å². The molecule has 26 heavy (non-hydrogen) atoms. The minimum atomic E-state index is -0.503. The van der Waals surface area contributed by atoms with Crippen molar-refractivity contribution in [3.8, 4) is 0 Å². The van der Waals surface area contributed by atoms with Gasteiger partial charge in [0.2, 0.25) is 0 Å². The number of anilines is 1. The standard InChI is InChI=1S/C19H28N2O4S/c1-6-25-19(24)16-13(4)17(14(5)22)26-18(16)20-15(23)10-21-8-11(2)7-12(3)9-21/h11-12H,6-10H2,1-5H3,(H,20,23)/p+1/t11-,12-/m0/s1. The second-order valence-corrected chi connectivity index (χ2v) is 8.39. The Bertz CT molecular complexity index is 688. The number of rotatable bonds is 6. The molecule has 7 heteroatoms. The van der Waals surface area contributed by atoms with Crippen LogP contribution in [0.5, 0.6) is 0 Å². The fourth-order valence-electron chi connectivity index (χ4n) is 3.85. The smallest absolute Gasteiger partial charge is 0.341 e. The van der Waals surface area contributed by atoms with Crippen molar-refractivity contribution in [2.45, 2.75) is 41.0 Å². The lowest BCUT2D eigenvalue weighted by Gasteiger charge is -2.31. The van der Waals surface area contributed by atoms with Crippen molar-refractivity contribution in [2.75, 3.05) is 31.6 Å². The molecule has 6 nitrogen and oxygen atoms in total. The largest absolute Gasteiger partial charge is 0.462 e. The van der Waals surface area contributed by atoms with Crippen LogP contribution in [0.2, 0.25) is 0 Å². The number of Topliss-reactive ketones (excluding diaryl/α,β-unsaturated/α-hetero) is 1. The number of piperidine rings is 1. The third-order valence-electron chi connectivity index (χ3n) is 4.69. The van der Waals surface area contributed by atoms with Crippen LogP contribution >= 0.6 is 11.3 Å². The van der Waals surface area contributed by atoms with E-state index < -0.39 is 5.97 Å². The van der Waals surface area contributed by atoms with E-state index in [4.69, 9.17) is 4.74 Å². The number of ketones is 1. The highest BCUT2D eigenvalue weighted by molar-refractivity contribution is 7.18. The van der Waals surface area contributed by atoms with E-state index in [-0.39, 0.29) is 18.3 Å². The summed E-state index contributed by atoms with van der Waals surface area (Å²) in [6, 6.07) is 0. The summed E-state index contributed by atoms with van der Waals surface area (Å²) in [5, 5.41) is 3.26. The van der Waals surface area contributed by atoms with E-state index in [1.807, 2.05) is 0 Å². The molecule has 2 heterocycles. The molecule has 0 saturated carbocycles. The van der Waals surface area contributed by atoms with Gasteiger partial charge in [-0.25, -0.2) is 4.79 Å². The van der Waals surface area contributed by atoms with Crippen LogP contribution in [-0.2, 0) is 9.53 Å². The van der Waals surface area contributed by atoms with Gasteiger partial charge in [0.05, 0.1) is 30.1 Å². The molecule has 0 aromatic carbocycles. The number of carbonyl (C=O) groups is 3. The zero-order valence-corrected chi connectivity index (χ0v) is 17.0. The highest BCUT2D eigenvalue weighted by atomic mass is 32.1. The number of esters is 1. The van der Waals surface area contributed by atoms with Gasteiger partial charge in [0, 0.05) is 11.8 Å². The van der Waals surface area contributed by atoms with Crippen LogP contribution in [0, 0.1) is 18.8 Å². The average molecular weight is 382 g/mol. The summed E-state index contributed by atoms with van der Waals surface area (Å²) in [7, 11) is 0. The first-order chi connectivity index (χ1) is 12.2. The molecule has 144 valence electrons. The van der Waals surface area contributed by atoms with Crippen molar-refractivity contribution < 1.29 is 24.0 Å². The van der Waals surface area contributed by atoms with E-state index in [1.54, 1.807) is 13.8 Å². The number of amides is 1. The van der Waals surface area contributed by atoms with E-state index in [1.165, 1.54) is 18.2 Å². The van der Waals surface area contributed by atoms with Gasteiger partial charge < -0.3 is 15.0 Å². The molecule has 1 amide bonds. The first-order valence-corrected chi connectivity index (χ1v) is 9.99. The van der Waals surface area contributed by atoms with Gasteiger partial charge in [0.25, 0.3) is 5.91 Å². The Morgan fingerprint density at radius 2 is 1.85 bits per heavy atom. The van der Waals surface area contributed by atoms with E-state index in [2.05, 4.69) is 19.2 Å². The van der Waals surface area contributed by atoms with Crippen LogP contribution in [-0.4, -0.2) is 43.9 Å². The van der Waals surface area contributed by atoms with Crippen LogP contribution in [0.4, 0.5) is 5.00 Å². The SMILES string of the molecule is CCOC(=O)c1c(NC(=O)C[NH+]2C[C@@H](C)C[C@H](C)C2)sc(C(C)=O)c1C. The van der Waals surface area contributed by atoms with E-state index in [0.29, 0.717) is 39.4 Å². The summed E-state index contributed by atoms with van der Waals surface area (Å²) in [6.07, 6.45) is 1.20. The Morgan fingerprint density at radius 1 is 1.23 bits per heavy atom. The molecule has 1 saturated heterocycles. The predicted molar refractivity (Wildman–Crippen MR) is 102 cm³/mol. The molecular weight excluding hydrogens is 352 g/mol. The van der Waals surface area contributed by atoms with Gasteiger partial charge in [0.1, 0.15) is 5.00 Å². The lowest BCUT2D eigenvalue weighted by Crippen LogP contribution is -3.15. The van der Waals surface area contributed by atoms with Crippen molar-refractivity contribution in [1.82, 2.24) is 0 Å². The van der Waals surface area contributed by atoms with Gasteiger partial charge in [-0.15, -0.1) is 11.3 Å². The molecule has 1 aromatic heterocycles. The van der Waals surface area contributed by atoms with Crippen molar-refractivity contribution in [2.24, 2.45) is 11.8 Å². The summed E-state index contributed by atoms with van der Waals surface area (Å²) in [4.78, 5) is 38.4. The zero-order chi connectivity index (χ0) is 19.4. The number of nitrogens with one attached hydrogen (secondary N) is 2. The lowest BCUT2D eigenvalue weighted by atomic mass is 9.92. The number of likely N-dealkylation sites (tertiary alicyclic amines) is 1. The second kappa shape index (κ2) is 8.77. The molecule has 1 aliphatic rings. The Morgan fingerprint density at radius 3 is 2.38 bits per heavy atom. The Hall–Kier alpha value is -1.73. The maximum Gasteiger partial charge on any atom is 0.341 e. The summed E-state index contributed by atoms with van der Waals surface area (Å²) in [6.45, 7) is 11.9. The summed E-state index contributed by atoms with van der Waals surface area (Å²) < 4.78 is 5.10. The van der Waals surface area contributed by atoms with Gasteiger partial charge >= 0.3 is 5.97 Å². The van der Waals surface area contributed by atoms with Crippen LogP contribution in [0.1, 0.15) is 59.7 Å². The van der Waals surface area contributed by atoms with Gasteiger partial charge in [0.15, 0.2) is 12.3 Å². The summed E-state index contributed by atoms with van der Waals surface area (Å²) >= 11 is 1.15. The average Bonchev–Trinajstić information content (AvgIpc) is 2.82. The van der Waals surface area contributed by atoms with Crippen molar-refractivity contribution in [3.05, 3.63) is 16.0 Å². The molecule has 1 aliphatic heterocycles. The Labute approximate surface area is 158 Å². The Balaban J connectivity index is 2.16. The molecular formula is C19H29N2O4S+. The second-order valence-electron chi connectivity index (χ2n) is 7.37. The van der Waals surface area contributed by atoms with Gasteiger partial charge in [-0.1, -0.05) is 13.8 Å². The van der Waals surface area contributed by atoms with Crippen molar-refractivity contribution in [3.63, 3.8) is 0 Å². The van der Waals surface area contributed by atoms with Gasteiger partial charge in [-0.2, -0.15) is 0 Å². The molecule has 2 N–H and O–H groups in total. The molecule has 0 radical (unpaired) electrons. The third kappa shape index (κ3) is 4.92. The molecule has 0 bridgehead atoms. The van der Waals surface area contributed by atoms with E-state index >= 15 is 0 Å². The quantitative estimate of drug-likeness (QED) is 0.583. The number of thiophene rings is 1. The molecule has 1 aromatic rings. The van der Waals surface area contributed by atoms with Crippen LogP contribution < -0.4 is 10.2 Å². The highest BCUT2D eigenvalue weighted by Gasteiger charge is 2.29. The predicted octanol–water partition coefficient (Wildman–Crippen LogP) is 1.94. The van der Waals surface area contributed by atoms with Crippen LogP contribution in [0.25, 0.3) is 0 Å². The topological polar surface area (TPSA) is 76.9 Å². The molecule has 2 atom stereocenters. The Kier molecular flexibility index (Phi) is 6.94. The molecule has 0 aliphatic carbocycles. The van der Waals surface area contributed by atoms with E-state index in [9.17, 15) is 14.4 Å². The van der Waals surface area contributed by atoms with Crippen molar-refractivity contribution >= 4 is 34.0 Å². The first kappa shape index (κ1) is 20.6. The van der Waals surface area contributed by atoms with Crippen LogP contribution in [0.15, 0.2) is 0 Å². The summed E-state index contributed by atoms with van der Waals surface area (Å²) in [5.74, 6) is 0.442. The third-order valence-corrected chi connectivity index (χ3v) is 6.00. The number of hydrogen-bond acceptors (Lipinski definition) is 5. The fraction of sp³-hybridized carbons (Fsp3) is 0.632. The minimum Gasteiger partial charge on any atom is -0.462 e. The molecule has 0 spiro atoms. The molecule has 2 rings (SSSR count). The maximum atomic E-state index is 12.6. The monoisotopic (exact) mass is 381 g/mol. The van der Waals surface area contributed by atoms with E-state index in [0.717, 1.165) is 24.4 Å². The summed E-state index contributed by atoms with van der Waals surface area (Å²) in [5.41, 5.74) is 0.870. The number of carbonyl (C=O) groups excluding carboxylic acids is 3. The van der Waals surface area contributed by atoms with Crippen LogP contribution in [0.3, 0.4) is 0 Å². The number of hydrogen-bond donors (Lipinski definition) is 2. The normalized spacial score (nSPS) is 22.7. The van der Waals surface area contributed by atoms with Crippen molar-refractivity contribution in [1.29, 1.82) is 0 Å². The molecule has 0 unspecified atom stereocenters. The fourth-order valence-corrected chi connectivity index (χ4v) is 4.96. The number of quaternary nitrogens is 1. The first-order valence-electron chi connectivity index (χ1n) is 9.17. The highest BCUT2D eigenvalue weighted by Crippen LogP contribution is 2.34. The zero-order valence-electron chi connectivity index (χ0n) is 16.2. The minimum absolute atomic E-state index is 0.122. The number of ether oxygens (including phenoxy) is 1.